The molecule has 0 saturated heterocycles. The minimum atomic E-state index is -1.06. The van der Waals surface area contributed by atoms with Gasteiger partial charge in [-0.05, 0) is 27.6 Å². The van der Waals surface area contributed by atoms with Crippen molar-refractivity contribution in [3.8, 4) is 0 Å². The van der Waals surface area contributed by atoms with Gasteiger partial charge >= 0.3 is 11.9 Å². The van der Waals surface area contributed by atoms with Crippen LogP contribution in [0.15, 0.2) is 36.4 Å². The highest BCUT2D eigenvalue weighted by molar-refractivity contribution is 6.11. The number of allylic oxidation sites excluding steroid dienone is 2. The molecule has 2 aromatic rings. The number of carbonyl (C=O) groups is 2. The number of benzene rings is 2. The lowest BCUT2D eigenvalue weighted by molar-refractivity contribution is 0.0682. The number of rotatable bonds is 2. The number of hydrogen-bond donors (Lipinski definition) is 2. The summed E-state index contributed by atoms with van der Waals surface area (Å²) in [5.74, 6) is -2.11. The van der Waals surface area contributed by atoms with Crippen molar-refractivity contribution in [2.24, 2.45) is 0 Å². The molecule has 0 spiro atoms. The Kier molecular flexibility index (Phi) is 3.06. The van der Waals surface area contributed by atoms with E-state index in [0.717, 1.165) is 0 Å². The highest BCUT2D eigenvalue weighted by atomic mass is 16.4. The Morgan fingerprint density at radius 2 is 1.48 bits per heavy atom. The van der Waals surface area contributed by atoms with Crippen molar-refractivity contribution < 1.29 is 19.8 Å². The van der Waals surface area contributed by atoms with Gasteiger partial charge in [0.15, 0.2) is 0 Å². The van der Waals surface area contributed by atoms with E-state index in [9.17, 15) is 19.8 Å². The molecule has 0 saturated carbocycles. The Labute approximate surface area is 120 Å². The number of carboxylic acids is 2. The van der Waals surface area contributed by atoms with Crippen LogP contribution in [0.5, 0.6) is 0 Å². The van der Waals surface area contributed by atoms with Gasteiger partial charge in [0, 0.05) is 0 Å². The lowest BCUT2D eigenvalue weighted by Gasteiger charge is -2.09. The highest BCUT2D eigenvalue weighted by Crippen LogP contribution is 2.19. The standard InChI is InChI=1S/C17H12O4/c18-16(19)14-10-6-2-1-3-7-11(10)15(17(20)21)13-9-5-4-8-12(13)14/h1-2,4-9H,3H2,(H,18,19)(H,20,21). The largest absolute Gasteiger partial charge is 0.478 e. The topological polar surface area (TPSA) is 74.6 Å². The monoisotopic (exact) mass is 280 g/mol. The van der Waals surface area contributed by atoms with E-state index in [4.69, 9.17) is 0 Å². The molecule has 21 heavy (non-hydrogen) atoms. The van der Waals surface area contributed by atoms with Crippen LogP contribution in [-0.4, -0.2) is 22.2 Å². The summed E-state index contributed by atoms with van der Waals surface area (Å²) in [6.07, 6.45) is 7.62. The number of hydrogen-bond acceptors (Lipinski definition) is 2. The Hall–Kier alpha value is -2.88. The first-order valence-corrected chi connectivity index (χ1v) is 6.49. The van der Waals surface area contributed by atoms with Crippen molar-refractivity contribution in [3.05, 3.63) is 58.0 Å². The first kappa shape index (κ1) is 13.1. The van der Waals surface area contributed by atoms with Crippen LogP contribution >= 0.6 is 0 Å². The maximum atomic E-state index is 11.7. The van der Waals surface area contributed by atoms with E-state index < -0.39 is 11.9 Å². The van der Waals surface area contributed by atoms with E-state index in [2.05, 4.69) is 0 Å². The fourth-order valence-electron chi connectivity index (χ4n) is 2.75. The summed E-state index contributed by atoms with van der Waals surface area (Å²) in [6, 6.07) is 6.72. The van der Waals surface area contributed by atoms with E-state index in [-0.39, 0.29) is 11.1 Å². The molecular weight excluding hydrogens is 268 g/mol. The van der Waals surface area contributed by atoms with Crippen molar-refractivity contribution >= 4 is 34.9 Å². The smallest absolute Gasteiger partial charge is 0.336 e. The van der Waals surface area contributed by atoms with Gasteiger partial charge in [-0.1, -0.05) is 48.6 Å². The van der Waals surface area contributed by atoms with Crippen molar-refractivity contribution in [1.82, 2.24) is 0 Å². The van der Waals surface area contributed by atoms with E-state index in [1.807, 2.05) is 6.08 Å². The molecule has 0 bridgehead atoms. The molecule has 4 nitrogen and oxygen atoms in total. The van der Waals surface area contributed by atoms with Gasteiger partial charge in [-0.15, -0.1) is 0 Å². The van der Waals surface area contributed by atoms with Crippen LogP contribution < -0.4 is 10.4 Å². The molecule has 0 fully saturated rings. The summed E-state index contributed by atoms with van der Waals surface area (Å²) < 4.78 is 0. The summed E-state index contributed by atoms with van der Waals surface area (Å²) in [5, 5.41) is 20.9. The van der Waals surface area contributed by atoms with Gasteiger partial charge in [-0.25, -0.2) is 9.59 Å². The summed E-state index contributed by atoms with van der Waals surface area (Å²) >= 11 is 0. The predicted octanol–water partition coefficient (Wildman–Crippen LogP) is 1.76. The molecule has 4 heteroatoms. The molecule has 3 rings (SSSR count). The van der Waals surface area contributed by atoms with Crippen LogP contribution in [0.4, 0.5) is 0 Å². The van der Waals surface area contributed by atoms with Gasteiger partial charge in [0.25, 0.3) is 0 Å². The average Bonchev–Trinajstić information content (AvgIpc) is 2.68. The molecule has 1 aliphatic carbocycles. The van der Waals surface area contributed by atoms with E-state index in [1.54, 1.807) is 42.5 Å². The van der Waals surface area contributed by atoms with Crippen LogP contribution in [0.1, 0.15) is 27.1 Å². The fraction of sp³-hybridized carbons (Fsp3) is 0.0588. The molecule has 2 N–H and O–H groups in total. The minimum Gasteiger partial charge on any atom is -0.478 e. The molecule has 0 amide bonds. The van der Waals surface area contributed by atoms with Gasteiger partial charge in [0.05, 0.1) is 11.1 Å². The van der Waals surface area contributed by atoms with Gasteiger partial charge in [-0.2, -0.15) is 0 Å². The summed E-state index contributed by atoms with van der Waals surface area (Å²) in [4.78, 5) is 23.4. The zero-order valence-electron chi connectivity index (χ0n) is 11.0. The Balaban J connectivity index is 2.70. The van der Waals surface area contributed by atoms with Gasteiger partial charge in [-0.3, -0.25) is 0 Å². The lowest BCUT2D eigenvalue weighted by Crippen LogP contribution is -2.36. The predicted molar refractivity (Wildman–Crippen MR) is 79.8 cm³/mol. The van der Waals surface area contributed by atoms with E-state index >= 15 is 0 Å². The second kappa shape index (κ2) is 4.90. The summed E-state index contributed by atoms with van der Waals surface area (Å²) in [6.45, 7) is 0. The van der Waals surface area contributed by atoms with Gasteiger partial charge < -0.3 is 10.2 Å². The summed E-state index contributed by atoms with van der Waals surface area (Å²) in [7, 11) is 0. The molecule has 0 radical (unpaired) electrons. The maximum Gasteiger partial charge on any atom is 0.336 e. The van der Waals surface area contributed by atoms with Gasteiger partial charge in [0.2, 0.25) is 0 Å². The van der Waals surface area contributed by atoms with Crippen LogP contribution in [0.2, 0.25) is 0 Å². The third kappa shape index (κ3) is 2.01. The molecular formula is C17H12O4. The normalized spacial score (nSPS) is 13.0. The van der Waals surface area contributed by atoms with Crippen molar-refractivity contribution in [2.75, 3.05) is 0 Å². The molecule has 0 atom stereocenters. The first-order valence-electron chi connectivity index (χ1n) is 6.49. The molecule has 104 valence electrons. The van der Waals surface area contributed by atoms with E-state index in [0.29, 0.717) is 27.6 Å². The zero-order chi connectivity index (χ0) is 15.0. The SMILES string of the molecule is O=C(O)c1c2c(c(C(=O)O)c3ccccc13)=CCC=CC=2. The number of carboxylic acid groups (broad SMARTS) is 2. The molecule has 1 aliphatic rings. The van der Waals surface area contributed by atoms with Crippen molar-refractivity contribution in [2.45, 2.75) is 6.42 Å². The molecule has 0 heterocycles. The third-order valence-electron chi connectivity index (χ3n) is 3.58. The zero-order valence-corrected chi connectivity index (χ0v) is 11.0. The Bertz CT molecular complexity index is 920. The Morgan fingerprint density at radius 1 is 0.905 bits per heavy atom. The number of fused-ring (bicyclic) bond motifs is 2. The van der Waals surface area contributed by atoms with Crippen LogP contribution in [0, 0.1) is 0 Å². The van der Waals surface area contributed by atoms with E-state index in [1.165, 1.54) is 0 Å². The van der Waals surface area contributed by atoms with Crippen molar-refractivity contribution in [1.29, 1.82) is 0 Å². The summed E-state index contributed by atoms with van der Waals surface area (Å²) in [5.41, 5.74) is 0.305. The first-order chi connectivity index (χ1) is 10.1. The molecule has 0 aliphatic heterocycles. The van der Waals surface area contributed by atoms with Crippen LogP contribution in [0.3, 0.4) is 0 Å². The van der Waals surface area contributed by atoms with Gasteiger partial charge in [0.1, 0.15) is 0 Å². The van der Waals surface area contributed by atoms with Crippen LogP contribution in [0.25, 0.3) is 22.9 Å². The second-order valence-electron chi connectivity index (χ2n) is 4.77. The molecule has 0 aromatic heterocycles. The second-order valence-corrected chi connectivity index (χ2v) is 4.77. The minimum absolute atomic E-state index is 0.147. The van der Waals surface area contributed by atoms with Crippen molar-refractivity contribution in [3.63, 3.8) is 0 Å². The fourth-order valence-corrected chi connectivity index (χ4v) is 2.75. The quantitative estimate of drug-likeness (QED) is 0.879. The number of aromatic carboxylic acids is 2. The lowest BCUT2D eigenvalue weighted by atomic mass is 9.94. The Morgan fingerprint density at radius 3 is 2.05 bits per heavy atom. The van der Waals surface area contributed by atoms with Crippen LogP contribution in [-0.2, 0) is 0 Å². The molecule has 0 unspecified atom stereocenters. The molecule has 2 aromatic carbocycles. The average molecular weight is 280 g/mol. The maximum absolute atomic E-state index is 11.7. The highest BCUT2D eigenvalue weighted by Gasteiger charge is 2.19. The third-order valence-corrected chi connectivity index (χ3v) is 3.58.